The molecule has 0 N–H and O–H groups in total. The van der Waals surface area contributed by atoms with Crippen molar-refractivity contribution in [1.82, 2.24) is 9.97 Å². The molecule has 1 aromatic heterocycles. The van der Waals surface area contributed by atoms with Gasteiger partial charge in [-0.15, -0.1) is 0 Å². The van der Waals surface area contributed by atoms with Crippen molar-refractivity contribution in [3.05, 3.63) is 28.0 Å². The molecule has 0 aliphatic rings. The summed E-state index contributed by atoms with van der Waals surface area (Å²) in [6.07, 6.45) is 0. The molecule has 1 aromatic carbocycles. The van der Waals surface area contributed by atoms with Gasteiger partial charge >= 0.3 is 129 Å². The summed E-state index contributed by atoms with van der Waals surface area (Å²) in [6, 6.07) is 3.48. The Kier molecular flexibility index (Phi) is 4.87. The summed E-state index contributed by atoms with van der Waals surface area (Å²) in [6.45, 7) is 1.82. The number of hydrogen-bond acceptors (Lipinski definition) is 2. The summed E-state index contributed by atoms with van der Waals surface area (Å²) in [5.74, 6) is 0.690. The van der Waals surface area contributed by atoms with Crippen molar-refractivity contribution in [3.63, 3.8) is 0 Å². The van der Waals surface area contributed by atoms with Gasteiger partial charge in [-0.1, -0.05) is 0 Å². The number of nitrogens with zero attached hydrogens (tertiary/aromatic N) is 2. The fourth-order valence-corrected chi connectivity index (χ4v) is 2.38. The Hall–Kier alpha value is 0.659. The topological polar surface area (TPSA) is 25.8 Å². The van der Waals surface area contributed by atoms with Crippen molar-refractivity contribution in [2.75, 3.05) is 0 Å². The van der Waals surface area contributed by atoms with Gasteiger partial charge in [-0.2, -0.15) is 0 Å². The van der Waals surface area contributed by atoms with E-state index >= 15 is 0 Å². The van der Waals surface area contributed by atoms with Crippen molar-refractivity contribution in [2.45, 2.75) is 6.92 Å². The second kappa shape index (κ2) is 5.33. The van der Waals surface area contributed by atoms with Gasteiger partial charge in [0.05, 0.1) is 0 Å². The van der Waals surface area contributed by atoms with Crippen LogP contribution in [0.1, 0.15) is 7.25 Å². The first-order chi connectivity index (χ1) is 6.58. The summed E-state index contributed by atoms with van der Waals surface area (Å²) in [5, 5.41) is 1.99. The fraction of sp³-hybridized carbons (Fsp3) is 0.111. The molecule has 6 heteroatoms. The smallest absolute Gasteiger partial charge is 1.00 e. The third-order valence-electron chi connectivity index (χ3n) is 1.80. The van der Waals surface area contributed by atoms with Gasteiger partial charge in [-0.25, -0.2) is 0 Å². The monoisotopic (exact) mass is 315 g/mol. The Morgan fingerprint density at radius 2 is 1.93 bits per heavy atom. The molecule has 0 fully saturated rings. The maximum absolute atomic E-state index is 6.02. The van der Waals surface area contributed by atoms with Crippen LogP contribution in [0.2, 0.25) is 10.0 Å². The quantitative estimate of drug-likeness (QED) is 0.592. The van der Waals surface area contributed by atoms with Gasteiger partial charge < -0.3 is 1.43 Å². The Labute approximate surface area is 129 Å². The van der Waals surface area contributed by atoms with Crippen molar-refractivity contribution >= 4 is 54.7 Å². The van der Waals surface area contributed by atoms with Crippen LogP contribution in [-0.2, 0) is 0 Å². The van der Waals surface area contributed by atoms with Crippen LogP contribution in [0.5, 0.6) is 0 Å². The van der Waals surface area contributed by atoms with E-state index in [9.17, 15) is 0 Å². The van der Waals surface area contributed by atoms with E-state index < -0.39 is 0 Å². The summed E-state index contributed by atoms with van der Waals surface area (Å²) in [4.78, 5) is 8.46. The van der Waals surface area contributed by atoms with Crippen LogP contribution in [0.4, 0.5) is 0 Å². The van der Waals surface area contributed by atoms with E-state index in [1.54, 1.807) is 12.1 Å². The molecule has 0 atom stereocenters. The molecule has 0 unspecified atom stereocenters. The van der Waals surface area contributed by atoms with Crippen LogP contribution in [0, 0.1) is 6.92 Å². The fourth-order valence-electron chi connectivity index (χ4n) is 1.24. The van der Waals surface area contributed by atoms with E-state index in [2.05, 4.69) is 26.0 Å². The van der Waals surface area contributed by atoms with E-state index in [-0.39, 0.29) is 31.0 Å². The minimum Gasteiger partial charge on any atom is -1.00 e. The second-order valence-electron chi connectivity index (χ2n) is 2.86. The molecule has 0 amide bonds. The van der Waals surface area contributed by atoms with Crippen molar-refractivity contribution in [3.8, 4) is 0 Å². The third kappa shape index (κ3) is 2.86. The van der Waals surface area contributed by atoms with Crippen LogP contribution >= 0.6 is 23.2 Å². The van der Waals surface area contributed by atoms with Crippen LogP contribution in [-0.4, -0.2) is 26.0 Å². The van der Waals surface area contributed by atoms with Crippen molar-refractivity contribution in [2.24, 2.45) is 0 Å². The molecule has 15 heavy (non-hydrogen) atoms. The number of fused-ring (bicyclic) bond motifs is 1. The zero-order valence-corrected chi connectivity index (χ0v) is 13.4. The van der Waals surface area contributed by atoms with Gasteiger partial charge in [0.25, 0.3) is 0 Å². The molecule has 2 nitrogen and oxygen atoms in total. The largest absolute Gasteiger partial charge is 1.00 e. The van der Waals surface area contributed by atoms with Gasteiger partial charge in [-0.05, 0) is 0 Å². The number of benzene rings is 1. The van der Waals surface area contributed by atoms with Gasteiger partial charge in [0.1, 0.15) is 0 Å². The molecule has 0 aliphatic carbocycles. The van der Waals surface area contributed by atoms with Crippen LogP contribution in [0.3, 0.4) is 0 Å². The molecule has 1 heterocycles. The predicted octanol–water partition coefficient (Wildman–Crippen LogP) is -0.845. The van der Waals surface area contributed by atoms with Crippen LogP contribution < -0.4 is 34.1 Å². The van der Waals surface area contributed by atoms with Crippen LogP contribution in [0.15, 0.2) is 12.1 Å². The number of aryl methyl sites for hydroxylation is 1. The summed E-state index contributed by atoms with van der Waals surface area (Å²) in [5.41, 5.74) is 0.734. The van der Waals surface area contributed by atoms with Gasteiger partial charge in [0.2, 0.25) is 0 Å². The molecule has 0 spiro atoms. The van der Waals surface area contributed by atoms with E-state index in [4.69, 9.17) is 23.2 Å². The summed E-state index contributed by atoms with van der Waals surface area (Å²) in [7, 11) is 0. The number of halogens is 2. The van der Waals surface area contributed by atoms with E-state index in [1.807, 2.05) is 6.92 Å². The molecule has 0 saturated carbocycles. The molecular weight excluding hydrogens is 309 g/mol. The molecular formula is C9H6Cl2N2NaSe. The first kappa shape index (κ1) is 13.7. The zero-order chi connectivity index (χ0) is 10.3. The van der Waals surface area contributed by atoms with Crippen molar-refractivity contribution < 1.29 is 31.0 Å². The Morgan fingerprint density at radius 1 is 1.27 bits per heavy atom. The molecule has 0 aliphatic heterocycles. The Balaban J connectivity index is 0.00000112. The minimum atomic E-state index is 0. The van der Waals surface area contributed by atoms with Gasteiger partial charge in [-0.3, -0.25) is 0 Å². The molecule has 2 rings (SSSR count). The van der Waals surface area contributed by atoms with Crippen molar-refractivity contribution in [1.29, 1.82) is 0 Å². The first-order valence-corrected chi connectivity index (χ1v) is 5.49. The Bertz CT molecular complexity index is 477. The molecule has 2 aromatic rings. The third-order valence-corrected chi connectivity index (χ3v) is 2.95. The summed E-state index contributed by atoms with van der Waals surface area (Å²) < 4.78 is 0.775. The number of aromatic nitrogens is 2. The molecule has 73 valence electrons. The average molecular weight is 315 g/mol. The van der Waals surface area contributed by atoms with E-state index in [1.165, 1.54) is 0 Å². The van der Waals surface area contributed by atoms with E-state index in [0.717, 1.165) is 15.5 Å². The average Bonchev–Trinajstić information content (AvgIpc) is 2.07. The summed E-state index contributed by atoms with van der Waals surface area (Å²) >= 11 is 14.8. The standard InChI is InChI=1S/C9H5Cl2N2Se.Na.H/c1-4-12-8-6(9(14)13-4)2-5(10)3-7(8)11;;/h2-3H,1H3;;/q;+1;-1. The maximum atomic E-state index is 6.02. The molecule has 0 bridgehead atoms. The SMILES string of the molecule is Cc1nc([Se])c2cc(Cl)cc(Cl)c2n1.[H-].[Na+]. The second-order valence-corrected chi connectivity index (χ2v) is 4.51. The molecule has 0 saturated heterocycles. The number of rotatable bonds is 0. The zero-order valence-electron chi connectivity index (χ0n) is 9.21. The number of hydrogen-bond donors (Lipinski definition) is 0. The first-order valence-electron chi connectivity index (χ1n) is 3.88. The normalized spacial score (nSPS) is 10.1. The van der Waals surface area contributed by atoms with Crippen LogP contribution in [0.25, 0.3) is 10.9 Å². The Morgan fingerprint density at radius 3 is 2.60 bits per heavy atom. The van der Waals surface area contributed by atoms with Gasteiger partial charge in [0.15, 0.2) is 0 Å². The minimum absolute atomic E-state index is 0. The van der Waals surface area contributed by atoms with E-state index in [0.29, 0.717) is 15.9 Å². The maximum Gasteiger partial charge on any atom is 1.00 e. The molecule has 1 radical (unpaired) electrons. The predicted molar refractivity (Wildman–Crippen MR) is 60.8 cm³/mol. The van der Waals surface area contributed by atoms with Gasteiger partial charge in [0, 0.05) is 0 Å².